The van der Waals surface area contributed by atoms with E-state index in [4.69, 9.17) is 5.11 Å². The lowest BCUT2D eigenvalue weighted by atomic mass is 9.79. The molecule has 5 nitrogen and oxygen atoms in total. The van der Waals surface area contributed by atoms with Gasteiger partial charge in [-0.15, -0.1) is 0 Å². The molecule has 1 amide bonds. The Kier molecular flexibility index (Phi) is 3.46. The molecule has 1 saturated carbocycles. The van der Waals surface area contributed by atoms with Crippen molar-refractivity contribution in [3.8, 4) is 0 Å². The summed E-state index contributed by atoms with van der Waals surface area (Å²) in [5, 5.41) is 14.3. The molecule has 1 aliphatic rings. The number of carbonyl (C=O) groups excluding carboxylic acids is 1. The fraction of sp³-hybridized carbons (Fsp3) is 0.778. The lowest BCUT2D eigenvalue weighted by Gasteiger charge is -2.35. The maximum absolute atomic E-state index is 11.1. The van der Waals surface area contributed by atoms with Crippen molar-refractivity contribution in [2.24, 2.45) is 5.92 Å². The van der Waals surface area contributed by atoms with Gasteiger partial charge in [-0.2, -0.15) is 0 Å². The molecule has 5 heteroatoms. The van der Waals surface area contributed by atoms with Crippen molar-refractivity contribution in [2.75, 3.05) is 7.05 Å². The van der Waals surface area contributed by atoms with Gasteiger partial charge in [0.05, 0.1) is 12.0 Å². The SMILES string of the molecule is CNC(=O)C(C)NC1CCC1C(=O)O. The minimum atomic E-state index is -0.780. The smallest absolute Gasteiger partial charge is 0.308 e. The first-order chi connectivity index (χ1) is 6.56. The molecule has 0 aromatic heterocycles. The van der Waals surface area contributed by atoms with Crippen LogP contribution in [0.4, 0.5) is 0 Å². The maximum Gasteiger partial charge on any atom is 0.308 e. The first-order valence-corrected chi connectivity index (χ1v) is 4.76. The van der Waals surface area contributed by atoms with E-state index >= 15 is 0 Å². The molecule has 14 heavy (non-hydrogen) atoms. The molecule has 0 saturated heterocycles. The number of hydrogen-bond donors (Lipinski definition) is 3. The number of hydrogen-bond acceptors (Lipinski definition) is 3. The predicted octanol–water partition coefficient (Wildman–Crippen LogP) is -0.426. The fourth-order valence-corrected chi connectivity index (χ4v) is 1.61. The van der Waals surface area contributed by atoms with Gasteiger partial charge in [0, 0.05) is 13.1 Å². The summed E-state index contributed by atoms with van der Waals surface area (Å²) in [7, 11) is 1.57. The molecule has 0 spiro atoms. The van der Waals surface area contributed by atoms with Gasteiger partial charge in [-0.05, 0) is 19.8 Å². The van der Waals surface area contributed by atoms with Crippen LogP contribution in [0.5, 0.6) is 0 Å². The maximum atomic E-state index is 11.1. The second-order valence-electron chi connectivity index (χ2n) is 3.63. The van der Waals surface area contributed by atoms with E-state index in [9.17, 15) is 9.59 Å². The molecular formula is C9H16N2O3. The minimum absolute atomic E-state index is 0.0557. The zero-order valence-electron chi connectivity index (χ0n) is 8.41. The summed E-state index contributed by atoms with van der Waals surface area (Å²) < 4.78 is 0. The monoisotopic (exact) mass is 200 g/mol. The number of amides is 1. The second kappa shape index (κ2) is 4.41. The Morgan fingerprint density at radius 1 is 1.43 bits per heavy atom. The Morgan fingerprint density at radius 2 is 2.07 bits per heavy atom. The van der Waals surface area contributed by atoms with Crippen LogP contribution in [-0.2, 0) is 9.59 Å². The van der Waals surface area contributed by atoms with Crippen molar-refractivity contribution in [1.29, 1.82) is 0 Å². The topological polar surface area (TPSA) is 78.4 Å². The van der Waals surface area contributed by atoms with Crippen LogP contribution in [0.2, 0.25) is 0 Å². The summed E-state index contributed by atoms with van der Waals surface area (Å²) >= 11 is 0. The highest BCUT2D eigenvalue weighted by Crippen LogP contribution is 2.27. The van der Waals surface area contributed by atoms with Gasteiger partial charge in [0.1, 0.15) is 0 Å². The van der Waals surface area contributed by atoms with Crippen LogP contribution >= 0.6 is 0 Å². The Balaban J connectivity index is 2.38. The number of aliphatic carboxylic acids is 1. The van der Waals surface area contributed by atoms with Crippen molar-refractivity contribution in [2.45, 2.75) is 31.8 Å². The molecule has 0 heterocycles. The number of carbonyl (C=O) groups is 2. The van der Waals surface area contributed by atoms with Crippen LogP contribution < -0.4 is 10.6 Å². The van der Waals surface area contributed by atoms with Crippen LogP contribution in [-0.4, -0.2) is 36.1 Å². The highest BCUT2D eigenvalue weighted by molar-refractivity contribution is 5.81. The van der Waals surface area contributed by atoms with Crippen molar-refractivity contribution in [1.82, 2.24) is 10.6 Å². The quantitative estimate of drug-likeness (QED) is 0.575. The third-order valence-corrected chi connectivity index (χ3v) is 2.70. The molecule has 3 unspecified atom stereocenters. The summed E-state index contributed by atoms with van der Waals surface area (Å²) in [5.41, 5.74) is 0. The summed E-state index contributed by atoms with van der Waals surface area (Å²) in [4.78, 5) is 21.8. The molecule has 0 aromatic rings. The lowest BCUT2D eigenvalue weighted by molar-refractivity contribution is -0.146. The number of carboxylic acids is 1. The minimum Gasteiger partial charge on any atom is -0.481 e. The van der Waals surface area contributed by atoms with Crippen LogP contribution in [0.15, 0.2) is 0 Å². The molecule has 1 fully saturated rings. The zero-order chi connectivity index (χ0) is 10.7. The zero-order valence-corrected chi connectivity index (χ0v) is 8.41. The molecule has 0 bridgehead atoms. The third kappa shape index (κ3) is 2.23. The average Bonchev–Trinajstić information content (AvgIpc) is 2.09. The number of rotatable bonds is 4. The van der Waals surface area contributed by atoms with Gasteiger partial charge in [0.25, 0.3) is 0 Å². The van der Waals surface area contributed by atoms with Crippen LogP contribution in [0.1, 0.15) is 19.8 Å². The molecule has 1 aliphatic carbocycles. The van der Waals surface area contributed by atoms with E-state index in [1.54, 1.807) is 14.0 Å². The van der Waals surface area contributed by atoms with Gasteiger partial charge in [0.15, 0.2) is 0 Å². The number of carboxylic acid groups (broad SMARTS) is 1. The van der Waals surface area contributed by atoms with Crippen molar-refractivity contribution in [3.63, 3.8) is 0 Å². The van der Waals surface area contributed by atoms with Gasteiger partial charge in [-0.25, -0.2) is 0 Å². The molecule has 3 atom stereocenters. The molecule has 0 aliphatic heterocycles. The predicted molar refractivity (Wildman–Crippen MR) is 50.8 cm³/mol. The normalized spacial score (nSPS) is 27.6. The summed E-state index contributed by atoms with van der Waals surface area (Å²) in [5.74, 6) is -1.22. The van der Waals surface area contributed by atoms with Crippen LogP contribution in [0, 0.1) is 5.92 Å². The largest absolute Gasteiger partial charge is 0.481 e. The van der Waals surface area contributed by atoms with Gasteiger partial charge in [-0.3, -0.25) is 9.59 Å². The van der Waals surface area contributed by atoms with Gasteiger partial charge in [-0.1, -0.05) is 0 Å². The van der Waals surface area contributed by atoms with E-state index in [-0.39, 0.29) is 23.9 Å². The molecular weight excluding hydrogens is 184 g/mol. The Hall–Kier alpha value is -1.10. The van der Waals surface area contributed by atoms with E-state index < -0.39 is 5.97 Å². The highest BCUT2D eigenvalue weighted by atomic mass is 16.4. The summed E-state index contributed by atoms with van der Waals surface area (Å²) in [6.45, 7) is 1.73. The lowest BCUT2D eigenvalue weighted by Crippen LogP contribution is -2.54. The summed E-state index contributed by atoms with van der Waals surface area (Å²) in [6.07, 6.45) is 1.53. The second-order valence-corrected chi connectivity index (χ2v) is 3.63. The fourth-order valence-electron chi connectivity index (χ4n) is 1.61. The Morgan fingerprint density at radius 3 is 2.43 bits per heavy atom. The summed E-state index contributed by atoms with van der Waals surface area (Å²) in [6, 6.07) is -0.382. The molecule has 80 valence electrons. The van der Waals surface area contributed by atoms with E-state index in [0.29, 0.717) is 6.42 Å². The van der Waals surface area contributed by atoms with Crippen molar-refractivity contribution < 1.29 is 14.7 Å². The average molecular weight is 200 g/mol. The van der Waals surface area contributed by atoms with Crippen molar-refractivity contribution >= 4 is 11.9 Å². The molecule has 0 aromatic carbocycles. The third-order valence-electron chi connectivity index (χ3n) is 2.70. The standard InChI is InChI=1S/C9H16N2O3/c1-5(8(12)10-2)11-7-4-3-6(7)9(13)14/h5-7,11H,3-4H2,1-2H3,(H,10,12)(H,13,14). The van der Waals surface area contributed by atoms with E-state index in [0.717, 1.165) is 6.42 Å². The van der Waals surface area contributed by atoms with Gasteiger partial charge in [0.2, 0.25) is 5.91 Å². The van der Waals surface area contributed by atoms with Gasteiger partial charge < -0.3 is 15.7 Å². The van der Waals surface area contributed by atoms with Crippen LogP contribution in [0.25, 0.3) is 0 Å². The molecule has 1 rings (SSSR count). The number of likely N-dealkylation sites (N-methyl/N-ethyl adjacent to an activating group) is 1. The Labute approximate surface area is 82.9 Å². The highest BCUT2D eigenvalue weighted by Gasteiger charge is 2.37. The Bertz CT molecular complexity index is 242. The molecule has 0 radical (unpaired) electrons. The first-order valence-electron chi connectivity index (χ1n) is 4.76. The molecule has 3 N–H and O–H groups in total. The van der Waals surface area contributed by atoms with E-state index in [1.165, 1.54) is 0 Å². The van der Waals surface area contributed by atoms with Crippen LogP contribution in [0.3, 0.4) is 0 Å². The van der Waals surface area contributed by atoms with Crippen molar-refractivity contribution in [3.05, 3.63) is 0 Å². The van der Waals surface area contributed by atoms with E-state index in [2.05, 4.69) is 10.6 Å². The van der Waals surface area contributed by atoms with E-state index in [1.807, 2.05) is 0 Å². The first kappa shape index (κ1) is 11.0. The number of nitrogens with one attached hydrogen (secondary N) is 2. The van der Waals surface area contributed by atoms with Gasteiger partial charge >= 0.3 is 5.97 Å².